The topological polar surface area (TPSA) is 175 Å². The average molecular weight is 683 g/mol. The van der Waals surface area contributed by atoms with Crippen molar-refractivity contribution in [1.29, 1.82) is 0 Å². The maximum absolute atomic E-state index is 13.6. The van der Waals surface area contributed by atoms with Crippen molar-refractivity contribution in [3.8, 4) is 5.75 Å². The molecule has 3 amide bonds. The standard InChI is InChI=1S/C27H36ClN9O5.BrH/c1-6-36-18-13-16(41-5)7-8-17(18)37(19(36)14-31-25(39)21-23(29)33-24(30)22(28)32-21)15-20(38)34-9-11-35(12-10-34)26(40)42-27(2,3)4;/h7-8,13H,6,9-12,14-15H2,1-5H3,(H4-,29,30,31,33,39);1H. The Morgan fingerprint density at radius 1 is 1.07 bits per heavy atom. The fourth-order valence-electron chi connectivity index (χ4n) is 4.77. The van der Waals surface area contributed by atoms with Crippen molar-refractivity contribution in [2.24, 2.45) is 0 Å². The third-order valence-corrected chi connectivity index (χ3v) is 7.09. The van der Waals surface area contributed by atoms with Crippen LogP contribution >= 0.6 is 11.6 Å². The first-order valence-corrected chi connectivity index (χ1v) is 13.9. The van der Waals surface area contributed by atoms with Gasteiger partial charge in [0, 0.05) is 32.2 Å². The lowest BCUT2D eigenvalue weighted by Gasteiger charge is -2.35. The van der Waals surface area contributed by atoms with Crippen molar-refractivity contribution in [3.63, 3.8) is 0 Å². The lowest BCUT2D eigenvalue weighted by atomic mass is 10.2. The number of piperazine rings is 1. The van der Waals surface area contributed by atoms with Crippen LogP contribution in [0.3, 0.4) is 0 Å². The number of amides is 3. The molecule has 0 bridgehead atoms. The first-order valence-electron chi connectivity index (χ1n) is 13.5. The summed E-state index contributed by atoms with van der Waals surface area (Å²) in [7, 11) is 1.58. The van der Waals surface area contributed by atoms with Crippen LogP contribution in [0.4, 0.5) is 16.4 Å². The van der Waals surface area contributed by atoms with Gasteiger partial charge in [0.2, 0.25) is 0 Å². The van der Waals surface area contributed by atoms with E-state index < -0.39 is 17.6 Å². The minimum absolute atomic E-state index is 0. The number of aryl methyl sites for hydroxylation is 1. The molecule has 4 rings (SSSR count). The molecule has 0 unspecified atom stereocenters. The van der Waals surface area contributed by atoms with Gasteiger partial charge in [-0.3, -0.25) is 9.59 Å². The number of nitrogen functional groups attached to an aromatic ring is 2. The van der Waals surface area contributed by atoms with Gasteiger partial charge in [0.05, 0.1) is 13.7 Å². The van der Waals surface area contributed by atoms with Crippen molar-refractivity contribution in [3.05, 3.63) is 34.9 Å². The third kappa shape index (κ3) is 7.57. The Kier molecular flexibility index (Phi) is 10.7. The van der Waals surface area contributed by atoms with E-state index >= 15 is 0 Å². The number of methoxy groups -OCH3 is 1. The normalized spacial score (nSPS) is 13.4. The Balaban J connectivity index is 0.00000506. The SMILES string of the molecule is CCn1c(CNC(=O)c2nc(Cl)c(N)nc2N)[n+](CC(=O)N2CCN(C(=O)OC(C)(C)C)CC2)c2ccc(OC)cc21.[Br-]. The summed E-state index contributed by atoms with van der Waals surface area (Å²) in [5.41, 5.74) is 12.4. The number of carbonyl (C=O) groups is 3. The summed E-state index contributed by atoms with van der Waals surface area (Å²) in [6.07, 6.45) is -0.394. The van der Waals surface area contributed by atoms with Crippen molar-refractivity contribution < 1.29 is 45.4 Å². The smallest absolute Gasteiger partial charge is 0.410 e. The van der Waals surface area contributed by atoms with Crippen LogP contribution in [-0.4, -0.2) is 81.1 Å². The molecule has 2 aromatic heterocycles. The van der Waals surface area contributed by atoms with Crippen molar-refractivity contribution in [2.45, 2.75) is 52.9 Å². The van der Waals surface area contributed by atoms with Gasteiger partial charge >= 0.3 is 6.09 Å². The minimum Gasteiger partial charge on any atom is -1.00 e. The molecule has 0 saturated carbocycles. The minimum atomic E-state index is -0.596. The second-order valence-electron chi connectivity index (χ2n) is 10.8. The quantitative estimate of drug-likeness (QED) is 0.253. The molecule has 16 heteroatoms. The summed E-state index contributed by atoms with van der Waals surface area (Å²) < 4.78 is 14.8. The number of fused-ring (bicyclic) bond motifs is 1. The lowest BCUT2D eigenvalue weighted by molar-refractivity contribution is -0.668. The molecule has 3 aromatic rings. The molecule has 43 heavy (non-hydrogen) atoms. The fourth-order valence-corrected chi connectivity index (χ4v) is 4.90. The Labute approximate surface area is 265 Å². The Morgan fingerprint density at radius 2 is 1.72 bits per heavy atom. The number of benzene rings is 1. The maximum atomic E-state index is 13.6. The number of anilines is 2. The molecule has 5 N–H and O–H groups in total. The Hall–Kier alpha value is -3.85. The monoisotopic (exact) mass is 681 g/mol. The van der Waals surface area contributed by atoms with E-state index in [1.807, 2.05) is 55.0 Å². The molecular formula is C27H37BrClN9O5. The predicted octanol–water partition coefficient (Wildman–Crippen LogP) is -1.42. The molecule has 1 fully saturated rings. The number of ether oxygens (including phenoxy) is 2. The number of aromatic nitrogens is 4. The first kappa shape index (κ1) is 33.6. The van der Waals surface area contributed by atoms with Gasteiger partial charge in [-0.05, 0) is 39.8 Å². The molecule has 0 radical (unpaired) electrons. The number of nitrogens with one attached hydrogen (secondary N) is 1. The molecule has 234 valence electrons. The number of hydrogen-bond acceptors (Lipinski definition) is 9. The van der Waals surface area contributed by atoms with Gasteiger partial charge in [0.1, 0.15) is 17.9 Å². The first-order chi connectivity index (χ1) is 19.8. The van der Waals surface area contributed by atoms with E-state index in [4.69, 9.17) is 32.5 Å². The van der Waals surface area contributed by atoms with Gasteiger partial charge in [-0.15, -0.1) is 0 Å². The molecule has 14 nitrogen and oxygen atoms in total. The van der Waals surface area contributed by atoms with Crippen molar-refractivity contribution in [2.75, 3.05) is 44.8 Å². The molecule has 1 aromatic carbocycles. The van der Waals surface area contributed by atoms with Gasteiger partial charge < -0.3 is 53.0 Å². The van der Waals surface area contributed by atoms with Crippen LogP contribution in [0.5, 0.6) is 5.75 Å². The van der Waals surface area contributed by atoms with Gasteiger partial charge in [-0.1, -0.05) is 11.6 Å². The summed E-state index contributed by atoms with van der Waals surface area (Å²) in [4.78, 5) is 50.2. The van der Waals surface area contributed by atoms with E-state index in [-0.39, 0.29) is 58.5 Å². The van der Waals surface area contributed by atoms with Crippen molar-refractivity contribution in [1.82, 2.24) is 29.7 Å². The van der Waals surface area contributed by atoms with Gasteiger partial charge in [-0.25, -0.2) is 23.9 Å². The van der Waals surface area contributed by atoms with Gasteiger partial charge in [0.25, 0.3) is 17.6 Å². The lowest BCUT2D eigenvalue weighted by Crippen LogP contribution is -3.00. The number of nitrogens with two attached hydrogens (primary N) is 2. The van der Waals surface area contributed by atoms with E-state index in [1.165, 1.54) is 0 Å². The molecule has 1 aliphatic heterocycles. The number of nitrogens with zero attached hydrogens (tertiary/aromatic N) is 6. The highest BCUT2D eigenvalue weighted by Crippen LogP contribution is 2.22. The van der Waals surface area contributed by atoms with Crippen molar-refractivity contribution >= 4 is 52.2 Å². The van der Waals surface area contributed by atoms with E-state index in [2.05, 4.69) is 15.3 Å². The second-order valence-corrected chi connectivity index (χ2v) is 11.1. The molecule has 0 aliphatic carbocycles. The summed E-state index contributed by atoms with van der Waals surface area (Å²) in [6.45, 7) is 9.53. The number of rotatable bonds is 7. The molecule has 3 heterocycles. The summed E-state index contributed by atoms with van der Waals surface area (Å²) in [5.74, 6) is 0.383. The number of carbonyl (C=O) groups excluding carboxylic acids is 3. The molecule has 0 atom stereocenters. The Morgan fingerprint density at radius 3 is 2.33 bits per heavy atom. The van der Waals surface area contributed by atoms with Crippen LogP contribution in [0.25, 0.3) is 11.0 Å². The van der Waals surface area contributed by atoms with E-state index in [0.29, 0.717) is 44.3 Å². The number of imidazole rings is 1. The summed E-state index contributed by atoms with van der Waals surface area (Å²) >= 11 is 5.96. The summed E-state index contributed by atoms with van der Waals surface area (Å²) in [6, 6.07) is 5.58. The van der Waals surface area contributed by atoms with Gasteiger partial charge in [-0.2, -0.15) is 0 Å². The van der Waals surface area contributed by atoms with Crippen LogP contribution in [0, 0.1) is 0 Å². The largest absolute Gasteiger partial charge is 1.00 e. The fraction of sp³-hybridized carbons (Fsp3) is 0.481. The van der Waals surface area contributed by atoms with Crippen LogP contribution in [0.1, 0.15) is 44.0 Å². The number of halogens is 2. The predicted molar refractivity (Wildman–Crippen MR) is 156 cm³/mol. The third-order valence-electron chi connectivity index (χ3n) is 6.81. The van der Waals surface area contributed by atoms with Gasteiger partial charge in [0.15, 0.2) is 40.1 Å². The molecular weight excluding hydrogens is 646 g/mol. The highest BCUT2D eigenvalue weighted by atomic mass is 79.9. The zero-order chi connectivity index (χ0) is 30.8. The highest BCUT2D eigenvalue weighted by molar-refractivity contribution is 6.31. The highest BCUT2D eigenvalue weighted by Gasteiger charge is 2.32. The van der Waals surface area contributed by atoms with E-state index in [0.717, 1.165) is 11.0 Å². The molecule has 1 aliphatic rings. The van der Waals surface area contributed by atoms with Crippen LogP contribution in [0.2, 0.25) is 5.15 Å². The van der Waals surface area contributed by atoms with E-state index in [1.54, 1.807) is 16.9 Å². The zero-order valence-corrected chi connectivity index (χ0v) is 27.2. The maximum Gasteiger partial charge on any atom is 0.410 e. The molecule has 0 spiro atoms. The van der Waals surface area contributed by atoms with Crippen LogP contribution in [-0.2, 0) is 29.2 Å². The van der Waals surface area contributed by atoms with E-state index in [9.17, 15) is 14.4 Å². The average Bonchev–Trinajstić information content (AvgIpc) is 3.23. The van der Waals surface area contributed by atoms with Crippen LogP contribution in [0.15, 0.2) is 18.2 Å². The Bertz CT molecular complexity index is 1520. The molecule has 1 saturated heterocycles. The summed E-state index contributed by atoms with van der Waals surface area (Å²) in [5, 5.41) is 2.69. The second kappa shape index (κ2) is 13.6. The zero-order valence-electron chi connectivity index (χ0n) is 24.8. The van der Waals surface area contributed by atoms with Crippen LogP contribution < -0.4 is 43.1 Å². The number of hydrogen-bond donors (Lipinski definition) is 3.